The van der Waals surface area contributed by atoms with Crippen molar-refractivity contribution < 1.29 is 4.79 Å². The number of benzene rings is 3. The van der Waals surface area contributed by atoms with Crippen LogP contribution in [0.2, 0.25) is 0 Å². The van der Waals surface area contributed by atoms with Crippen molar-refractivity contribution in [3.8, 4) is 0 Å². The molecule has 0 saturated carbocycles. The third kappa shape index (κ3) is 4.96. The fraction of sp³-hybridized carbons (Fsp3) is 0.167. The average Bonchev–Trinajstić information content (AvgIpc) is 2.72. The Labute approximate surface area is 174 Å². The summed E-state index contributed by atoms with van der Waals surface area (Å²) in [6.07, 6.45) is 1.01. The lowest BCUT2D eigenvalue weighted by Gasteiger charge is -2.20. The third-order valence-corrected chi connectivity index (χ3v) is 5.11. The van der Waals surface area contributed by atoms with Crippen LogP contribution in [0.1, 0.15) is 30.0 Å². The van der Waals surface area contributed by atoms with E-state index in [9.17, 15) is 4.79 Å². The summed E-state index contributed by atoms with van der Waals surface area (Å²) < 4.78 is 0.837. The molecule has 3 aromatic rings. The summed E-state index contributed by atoms with van der Waals surface area (Å²) >= 11 is 3.55. The Morgan fingerprint density at radius 2 is 1.57 bits per heavy atom. The first-order chi connectivity index (χ1) is 13.6. The predicted molar refractivity (Wildman–Crippen MR) is 120 cm³/mol. The number of halogens is 1. The summed E-state index contributed by atoms with van der Waals surface area (Å²) in [4.78, 5) is 12.7. The maximum Gasteiger partial charge on any atom is 0.247 e. The van der Waals surface area contributed by atoms with Crippen molar-refractivity contribution in [1.29, 1.82) is 0 Å². The number of carbonyl (C=O) groups is 1. The number of aryl methyl sites for hydroxylation is 1. The molecule has 0 unspecified atom stereocenters. The predicted octanol–water partition coefficient (Wildman–Crippen LogP) is 6.15. The zero-order valence-electron chi connectivity index (χ0n) is 16.1. The van der Waals surface area contributed by atoms with Gasteiger partial charge in [-0.1, -0.05) is 79.2 Å². The van der Waals surface area contributed by atoms with Crippen LogP contribution < -0.4 is 5.01 Å². The molecule has 0 aliphatic carbocycles. The van der Waals surface area contributed by atoms with Crippen LogP contribution in [0, 0.1) is 6.92 Å². The molecule has 0 bridgehead atoms. The number of hydrazone groups is 1. The lowest BCUT2D eigenvalue weighted by atomic mass is 10.0. The van der Waals surface area contributed by atoms with Crippen LogP contribution >= 0.6 is 15.9 Å². The molecule has 0 aliphatic rings. The zero-order chi connectivity index (χ0) is 19.9. The molecule has 0 heterocycles. The third-order valence-electron chi connectivity index (χ3n) is 4.44. The van der Waals surface area contributed by atoms with Crippen molar-refractivity contribution in [2.75, 3.05) is 5.01 Å². The lowest BCUT2D eigenvalue weighted by molar-refractivity contribution is -0.118. The second-order valence-corrected chi connectivity index (χ2v) is 7.44. The summed E-state index contributed by atoms with van der Waals surface area (Å²) in [5.74, 6) is -0.0513. The zero-order valence-corrected chi connectivity index (χ0v) is 17.7. The van der Waals surface area contributed by atoms with E-state index >= 15 is 0 Å². The van der Waals surface area contributed by atoms with Crippen LogP contribution in [0.3, 0.4) is 0 Å². The quantitative estimate of drug-likeness (QED) is 0.338. The number of hydrogen-bond donors (Lipinski definition) is 0. The fourth-order valence-electron chi connectivity index (χ4n) is 2.87. The maximum atomic E-state index is 12.7. The van der Waals surface area contributed by atoms with Gasteiger partial charge in [0, 0.05) is 17.3 Å². The molecule has 0 radical (unpaired) electrons. The first kappa shape index (κ1) is 20.0. The fourth-order valence-corrected chi connectivity index (χ4v) is 3.32. The second-order valence-electron chi connectivity index (χ2n) is 6.59. The van der Waals surface area contributed by atoms with Crippen molar-refractivity contribution in [1.82, 2.24) is 0 Å². The summed E-state index contributed by atoms with van der Waals surface area (Å²) in [5, 5.41) is 6.36. The minimum atomic E-state index is -0.0513. The summed E-state index contributed by atoms with van der Waals surface area (Å²) in [6, 6.07) is 26.1. The van der Waals surface area contributed by atoms with Crippen LogP contribution in [-0.4, -0.2) is 11.6 Å². The van der Waals surface area contributed by atoms with Crippen LogP contribution in [0.4, 0.5) is 5.69 Å². The van der Waals surface area contributed by atoms with Crippen molar-refractivity contribution in [2.45, 2.75) is 26.7 Å². The highest BCUT2D eigenvalue weighted by Gasteiger charge is 2.18. The molecule has 0 spiro atoms. The molecule has 3 aromatic carbocycles. The highest BCUT2D eigenvalue weighted by atomic mass is 79.9. The van der Waals surface area contributed by atoms with Gasteiger partial charge in [0.15, 0.2) is 0 Å². The molecule has 0 aliphatic heterocycles. The van der Waals surface area contributed by atoms with E-state index in [0.29, 0.717) is 12.8 Å². The van der Waals surface area contributed by atoms with Gasteiger partial charge in [-0.05, 0) is 46.1 Å². The Balaban J connectivity index is 2.09. The average molecular weight is 435 g/mol. The minimum Gasteiger partial charge on any atom is -0.273 e. The van der Waals surface area contributed by atoms with E-state index in [1.54, 1.807) is 0 Å². The molecule has 0 aromatic heterocycles. The van der Waals surface area contributed by atoms with Gasteiger partial charge in [0.2, 0.25) is 5.91 Å². The molecule has 0 saturated heterocycles. The van der Waals surface area contributed by atoms with E-state index in [1.165, 1.54) is 10.6 Å². The van der Waals surface area contributed by atoms with Crippen LogP contribution in [0.15, 0.2) is 88.4 Å². The van der Waals surface area contributed by atoms with Gasteiger partial charge in [0.1, 0.15) is 0 Å². The molecular formula is C24H23BrN2O. The number of para-hydroxylation sites is 1. The van der Waals surface area contributed by atoms with Crippen LogP contribution in [0.25, 0.3) is 0 Å². The molecule has 4 heteroatoms. The van der Waals surface area contributed by atoms with E-state index in [2.05, 4.69) is 59.3 Å². The number of nitrogens with zero attached hydrogens (tertiary/aromatic N) is 2. The number of anilines is 1. The molecule has 0 N–H and O–H groups in total. The number of carbonyl (C=O) groups excluding carboxylic acids is 1. The van der Waals surface area contributed by atoms with E-state index in [4.69, 9.17) is 5.10 Å². The number of amides is 1. The standard InChI is InChI=1S/C24H23BrN2O/c1-3-24(28)27(23-12-8-7-11-21(23)25)26-22(17-19-9-5-4-6-10-19)20-15-13-18(2)14-16-20/h4-16H,3,17H2,1-2H3. The van der Waals surface area contributed by atoms with Gasteiger partial charge in [-0.15, -0.1) is 0 Å². The molecule has 28 heavy (non-hydrogen) atoms. The lowest BCUT2D eigenvalue weighted by Crippen LogP contribution is -2.27. The smallest absolute Gasteiger partial charge is 0.247 e. The van der Waals surface area contributed by atoms with Crippen LogP contribution in [-0.2, 0) is 11.2 Å². The normalized spacial score (nSPS) is 11.3. The first-order valence-corrected chi connectivity index (χ1v) is 10.1. The number of rotatable bonds is 6. The first-order valence-electron chi connectivity index (χ1n) is 9.34. The molecule has 3 rings (SSSR count). The molecule has 0 atom stereocenters. The van der Waals surface area contributed by atoms with E-state index in [-0.39, 0.29) is 5.91 Å². The topological polar surface area (TPSA) is 32.7 Å². The van der Waals surface area contributed by atoms with Gasteiger partial charge in [-0.25, -0.2) is 0 Å². The monoisotopic (exact) mass is 434 g/mol. The largest absolute Gasteiger partial charge is 0.273 e. The molecule has 0 fully saturated rings. The van der Waals surface area contributed by atoms with E-state index < -0.39 is 0 Å². The summed E-state index contributed by atoms with van der Waals surface area (Å²) in [6.45, 7) is 3.91. The Bertz CT molecular complexity index is 965. The van der Waals surface area contributed by atoms with Gasteiger partial charge >= 0.3 is 0 Å². The van der Waals surface area contributed by atoms with Crippen molar-refractivity contribution >= 4 is 33.2 Å². The van der Waals surface area contributed by atoms with Crippen molar-refractivity contribution in [3.63, 3.8) is 0 Å². The van der Waals surface area contributed by atoms with Crippen LogP contribution in [0.5, 0.6) is 0 Å². The minimum absolute atomic E-state index is 0.0513. The number of hydrogen-bond acceptors (Lipinski definition) is 2. The SMILES string of the molecule is CCC(=O)N(N=C(Cc1ccccc1)c1ccc(C)cc1)c1ccccc1Br. The Morgan fingerprint density at radius 3 is 2.21 bits per heavy atom. The van der Waals surface area contributed by atoms with Gasteiger partial charge in [0.05, 0.1) is 11.4 Å². The summed E-state index contributed by atoms with van der Waals surface area (Å²) in [5.41, 5.74) is 4.94. The Kier molecular flexibility index (Phi) is 6.77. The highest BCUT2D eigenvalue weighted by Crippen LogP contribution is 2.27. The second kappa shape index (κ2) is 9.47. The van der Waals surface area contributed by atoms with Gasteiger partial charge < -0.3 is 0 Å². The maximum absolute atomic E-state index is 12.7. The Hall–Kier alpha value is -2.72. The molecule has 1 amide bonds. The molecule has 3 nitrogen and oxygen atoms in total. The molecule has 142 valence electrons. The van der Waals surface area contributed by atoms with Gasteiger partial charge in [-0.3, -0.25) is 4.79 Å². The highest BCUT2D eigenvalue weighted by molar-refractivity contribution is 9.10. The van der Waals surface area contributed by atoms with E-state index in [0.717, 1.165) is 27.0 Å². The Morgan fingerprint density at radius 1 is 0.929 bits per heavy atom. The van der Waals surface area contributed by atoms with Gasteiger partial charge in [-0.2, -0.15) is 10.1 Å². The van der Waals surface area contributed by atoms with Crippen molar-refractivity contribution in [3.05, 3.63) is 100 Å². The van der Waals surface area contributed by atoms with Gasteiger partial charge in [0.25, 0.3) is 0 Å². The molecular weight excluding hydrogens is 412 g/mol. The van der Waals surface area contributed by atoms with E-state index in [1.807, 2.05) is 49.4 Å². The van der Waals surface area contributed by atoms with Crippen molar-refractivity contribution in [2.24, 2.45) is 5.10 Å². The summed E-state index contributed by atoms with van der Waals surface area (Å²) in [7, 11) is 0.